The molecule has 0 aliphatic carbocycles. The number of aliphatic hydroxyl groups excluding tert-OH is 1. The van der Waals surface area contributed by atoms with Crippen molar-refractivity contribution in [3.05, 3.63) is 29.8 Å². The summed E-state index contributed by atoms with van der Waals surface area (Å²) in [4.78, 5) is 4.60. The van der Waals surface area contributed by atoms with Gasteiger partial charge in [-0.1, -0.05) is 32.0 Å². The van der Waals surface area contributed by atoms with Crippen molar-refractivity contribution in [2.75, 3.05) is 30.7 Å². The van der Waals surface area contributed by atoms with E-state index < -0.39 is 10.0 Å². The van der Waals surface area contributed by atoms with E-state index in [1.165, 1.54) is 0 Å². The standard InChI is InChI=1S/C19H34N4O3S.HI/c1-5-19(6-2,12-13-24)15-22-18(20-7-3)21-14-16-10-8-9-11-17(16)23-27(4,25)26;/h8-11,23-24H,5-7,12-15H2,1-4H3,(H2,20,21,22);1H. The molecule has 0 atom stereocenters. The molecule has 9 heteroatoms. The Morgan fingerprint density at radius 2 is 1.79 bits per heavy atom. The summed E-state index contributed by atoms with van der Waals surface area (Å²) >= 11 is 0. The lowest BCUT2D eigenvalue weighted by atomic mass is 9.79. The summed E-state index contributed by atoms with van der Waals surface area (Å²) in [7, 11) is -3.34. The fourth-order valence-electron chi connectivity index (χ4n) is 2.91. The molecule has 0 spiro atoms. The van der Waals surface area contributed by atoms with Crippen molar-refractivity contribution in [3.8, 4) is 0 Å². The number of nitrogens with one attached hydrogen (secondary N) is 3. The molecule has 7 nitrogen and oxygen atoms in total. The molecular formula is C19H35IN4O3S. The number of halogens is 1. The minimum atomic E-state index is -3.34. The summed E-state index contributed by atoms with van der Waals surface area (Å²) in [5, 5.41) is 16.0. The van der Waals surface area contributed by atoms with Gasteiger partial charge in [0.15, 0.2) is 5.96 Å². The number of aliphatic hydroxyl groups is 1. The third kappa shape index (κ3) is 9.42. The maximum absolute atomic E-state index is 11.5. The third-order valence-corrected chi connectivity index (χ3v) is 5.43. The average molecular weight is 526 g/mol. The molecule has 1 rings (SSSR count). The van der Waals surface area contributed by atoms with Crippen LogP contribution in [0.4, 0.5) is 5.69 Å². The topological polar surface area (TPSA) is 103 Å². The maximum atomic E-state index is 11.5. The van der Waals surface area contributed by atoms with Crippen LogP contribution in [0.15, 0.2) is 29.3 Å². The van der Waals surface area contributed by atoms with Gasteiger partial charge < -0.3 is 15.7 Å². The number of hydrogen-bond donors (Lipinski definition) is 4. The Morgan fingerprint density at radius 1 is 1.14 bits per heavy atom. The second-order valence-corrected chi connectivity index (χ2v) is 8.51. The molecule has 0 bridgehead atoms. The van der Waals surface area contributed by atoms with Gasteiger partial charge >= 0.3 is 0 Å². The predicted octanol–water partition coefficient (Wildman–Crippen LogP) is 2.92. The van der Waals surface area contributed by atoms with E-state index in [-0.39, 0.29) is 36.0 Å². The van der Waals surface area contributed by atoms with Crippen LogP contribution in [0.1, 0.15) is 45.6 Å². The number of para-hydroxylation sites is 1. The van der Waals surface area contributed by atoms with Gasteiger partial charge in [0.05, 0.1) is 18.5 Å². The minimum absolute atomic E-state index is 0. The van der Waals surface area contributed by atoms with Crippen LogP contribution in [0.2, 0.25) is 0 Å². The van der Waals surface area contributed by atoms with E-state index in [4.69, 9.17) is 0 Å². The highest BCUT2D eigenvalue weighted by Gasteiger charge is 2.25. The van der Waals surface area contributed by atoms with Crippen LogP contribution in [0.3, 0.4) is 0 Å². The van der Waals surface area contributed by atoms with E-state index in [9.17, 15) is 13.5 Å². The second-order valence-electron chi connectivity index (χ2n) is 6.76. The van der Waals surface area contributed by atoms with Crippen LogP contribution in [-0.2, 0) is 16.6 Å². The third-order valence-electron chi connectivity index (χ3n) is 4.84. The molecule has 0 fully saturated rings. The largest absolute Gasteiger partial charge is 0.396 e. The van der Waals surface area contributed by atoms with Crippen molar-refractivity contribution >= 4 is 45.6 Å². The molecule has 0 unspecified atom stereocenters. The van der Waals surface area contributed by atoms with Crippen LogP contribution in [0.5, 0.6) is 0 Å². The molecule has 0 heterocycles. The van der Waals surface area contributed by atoms with E-state index in [2.05, 4.69) is 34.2 Å². The Labute approximate surface area is 186 Å². The Hall–Kier alpha value is -1.07. The lowest BCUT2D eigenvalue weighted by Gasteiger charge is -2.32. The monoisotopic (exact) mass is 526 g/mol. The molecule has 4 N–H and O–H groups in total. The van der Waals surface area contributed by atoms with Gasteiger partial charge in [-0.25, -0.2) is 13.4 Å². The lowest BCUT2D eigenvalue weighted by Crippen LogP contribution is -2.43. The van der Waals surface area contributed by atoms with Gasteiger partial charge in [-0.05, 0) is 43.2 Å². The molecular weight excluding hydrogens is 491 g/mol. The highest BCUT2D eigenvalue weighted by Crippen LogP contribution is 2.29. The molecule has 0 aromatic heterocycles. The molecule has 1 aromatic rings. The lowest BCUT2D eigenvalue weighted by molar-refractivity contribution is 0.169. The molecule has 0 aliphatic rings. The van der Waals surface area contributed by atoms with E-state index in [1.54, 1.807) is 12.1 Å². The molecule has 162 valence electrons. The van der Waals surface area contributed by atoms with Crippen molar-refractivity contribution in [2.45, 2.75) is 46.6 Å². The number of hydrogen-bond acceptors (Lipinski definition) is 4. The minimum Gasteiger partial charge on any atom is -0.396 e. The number of benzene rings is 1. The van der Waals surface area contributed by atoms with Gasteiger partial charge in [0.25, 0.3) is 0 Å². The molecule has 0 radical (unpaired) electrons. The van der Waals surface area contributed by atoms with E-state index in [1.807, 2.05) is 19.1 Å². The zero-order chi connectivity index (χ0) is 20.3. The first-order valence-electron chi connectivity index (χ1n) is 9.48. The van der Waals surface area contributed by atoms with Crippen molar-refractivity contribution in [1.82, 2.24) is 10.6 Å². The van der Waals surface area contributed by atoms with Gasteiger partial charge in [-0.3, -0.25) is 4.72 Å². The van der Waals surface area contributed by atoms with Crippen LogP contribution in [0, 0.1) is 5.41 Å². The predicted molar refractivity (Wildman–Crippen MR) is 128 cm³/mol. The summed E-state index contributed by atoms with van der Waals surface area (Å²) in [6.45, 7) is 8.23. The molecule has 0 saturated carbocycles. The number of sulfonamides is 1. The van der Waals surface area contributed by atoms with Gasteiger partial charge in [0.2, 0.25) is 10.0 Å². The summed E-state index contributed by atoms with van der Waals surface area (Å²) in [6.07, 6.45) is 3.82. The molecule has 0 amide bonds. The fourth-order valence-corrected chi connectivity index (χ4v) is 3.51. The smallest absolute Gasteiger partial charge is 0.229 e. The van der Waals surface area contributed by atoms with E-state index in [0.29, 0.717) is 18.2 Å². The molecule has 0 aliphatic heterocycles. The summed E-state index contributed by atoms with van der Waals surface area (Å²) in [5.41, 5.74) is 1.37. The Morgan fingerprint density at radius 3 is 2.32 bits per heavy atom. The first kappa shape index (κ1) is 26.9. The van der Waals surface area contributed by atoms with Crippen molar-refractivity contribution in [1.29, 1.82) is 0 Å². The van der Waals surface area contributed by atoms with Crippen LogP contribution in [-0.4, -0.2) is 45.4 Å². The number of anilines is 1. The van der Waals surface area contributed by atoms with Crippen molar-refractivity contribution in [3.63, 3.8) is 0 Å². The highest BCUT2D eigenvalue weighted by molar-refractivity contribution is 14.0. The van der Waals surface area contributed by atoms with Crippen LogP contribution < -0.4 is 15.4 Å². The SMILES string of the molecule is CCNC(=NCc1ccccc1NS(C)(=O)=O)NCC(CC)(CC)CCO.I. The van der Waals surface area contributed by atoms with Crippen LogP contribution in [0.25, 0.3) is 0 Å². The summed E-state index contributed by atoms with van der Waals surface area (Å²) < 4.78 is 25.6. The Balaban J connectivity index is 0.00000729. The van der Waals surface area contributed by atoms with Gasteiger partial charge in [0, 0.05) is 19.7 Å². The number of guanidine groups is 1. The number of rotatable bonds is 11. The van der Waals surface area contributed by atoms with E-state index in [0.717, 1.165) is 44.2 Å². The molecule has 0 saturated heterocycles. The first-order chi connectivity index (χ1) is 12.8. The quantitative estimate of drug-likeness (QED) is 0.202. The zero-order valence-electron chi connectivity index (χ0n) is 17.3. The van der Waals surface area contributed by atoms with Gasteiger partial charge in [-0.15, -0.1) is 24.0 Å². The Bertz CT molecular complexity index is 707. The second kappa shape index (κ2) is 13.2. The van der Waals surface area contributed by atoms with Crippen molar-refractivity contribution in [2.24, 2.45) is 10.4 Å². The summed E-state index contributed by atoms with van der Waals surface area (Å²) in [6, 6.07) is 7.23. The van der Waals surface area contributed by atoms with Crippen molar-refractivity contribution < 1.29 is 13.5 Å². The van der Waals surface area contributed by atoms with Gasteiger partial charge in [-0.2, -0.15) is 0 Å². The maximum Gasteiger partial charge on any atom is 0.229 e. The zero-order valence-corrected chi connectivity index (χ0v) is 20.4. The normalized spacial score (nSPS) is 12.2. The first-order valence-corrected chi connectivity index (χ1v) is 11.4. The fraction of sp³-hybridized carbons (Fsp3) is 0.632. The molecule has 28 heavy (non-hydrogen) atoms. The number of aliphatic imine (C=N–C) groups is 1. The Kier molecular flexibility index (Phi) is 12.7. The average Bonchev–Trinajstić information content (AvgIpc) is 2.63. The summed E-state index contributed by atoms with van der Waals surface area (Å²) in [5.74, 6) is 0.677. The van der Waals surface area contributed by atoms with Gasteiger partial charge in [0.1, 0.15) is 0 Å². The number of nitrogens with zero attached hydrogens (tertiary/aromatic N) is 1. The van der Waals surface area contributed by atoms with Crippen LogP contribution >= 0.6 is 24.0 Å². The highest BCUT2D eigenvalue weighted by atomic mass is 127. The van der Waals surface area contributed by atoms with E-state index >= 15 is 0 Å². The molecule has 1 aromatic carbocycles.